The third kappa shape index (κ3) is 3.79. The van der Waals surface area contributed by atoms with E-state index >= 15 is 0 Å². The maximum absolute atomic E-state index is 12.2. The summed E-state index contributed by atoms with van der Waals surface area (Å²) in [6.07, 6.45) is 5.80. The fraction of sp³-hybridized carbons (Fsp3) is 0.500. The fourth-order valence-corrected chi connectivity index (χ4v) is 3.43. The van der Waals surface area contributed by atoms with E-state index in [0.717, 1.165) is 19.3 Å². The molecule has 6 heteroatoms. The lowest BCUT2D eigenvalue weighted by Gasteiger charge is -2.06. The van der Waals surface area contributed by atoms with Gasteiger partial charge in [-0.05, 0) is 24.8 Å². The number of aliphatic hydroxyl groups excluding tert-OH is 1. The van der Waals surface area contributed by atoms with Crippen LogP contribution in [0.15, 0.2) is 23.4 Å². The van der Waals surface area contributed by atoms with Gasteiger partial charge >= 0.3 is 0 Å². The molecule has 0 saturated heterocycles. The van der Waals surface area contributed by atoms with Gasteiger partial charge in [-0.15, -0.1) is 0 Å². The van der Waals surface area contributed by atoms with E-state index in [0.29, 0.717) is 11.5 Å². The third-order valence-electron chi connectivity index (χ3n) is 3.22. The summed E-state index contributed by atoms with van der Waals surface area (Å²) in [4.78, 5) is 4.00. The van der Waals surface area contributed by atoms with Crippen molar-refractivity contribution < 1.29 is 13.5 Å². The van der Waals surface area contributed by atoms with Gasteiger partial charge in [0.1, 0.15) is 11.5 Å². The molecule has 5 nitrogen and oxygen atoms in total. The molecule has 2 rings (SSSR count). The van der Waals surface area contributed by atoms with Gasteiger partial charge in [-0.25, -0.2) is 13.1 Å². The summed E-state index contributed by atoms with van der Waals surface area (Å²) in [5.41, 5.74) is 0.475. The molecule has 1 fully saturated rings. The summed E-state index contributed by atoms with van der Waals surface area (Å²) < 4.78 is 27.1. The van der Waals surface area contributed by atoms with Crippen LogP contribution in [0, 0.1) is 17.8 Å². The molecule has 1 aromatic rings. The van der Waals surface area contributed by atoms with Crippen molar-refractivity contribution in [2.45, 2.75) is 37.1 Å². The molecule has 1 aromatic heterocycles. The maximum Gasteiger partial charge on any atom is 0.242 e. The lowest BCUT2D eigenvalue weighted by Crippen LogP contribution is -2.27. The zero-order valence-electron chi connectivity index (χ0n) is 11.3. The molecule has 1 saturated carbocycles. The van der Waals surface area contributed by atoms with Crippen LogP contribution in [-0.2, 0) is 10.0 Å². The number of nitrogens with one attached hydrogen (secondary N) is 1. The Morgan fingerprint density at radius 3 is 3.00 bits per heavy atom. The number of rotatable bonds is 5. The Bertz CT molecular complexity index is 631. The van der Waals surface area contributed by atoms with Crippen LogP contribution in [0.1, 0.15) is 31.7 Å². The van der Waals surface area contributed by atoms with Gasteiger partial charge in [-0.3, -0.25) is 4.98 Å². The molecular weight excluding hydrogens is 276 g/mol. The quantitative estimate of drug-likeness (QED) is 0.791. The molecule has 108 valence electrons. The second-order valence-electron chi connectivity index (χ2n) is 4.88. The molecule has 0 spiro atoms. The van der Waals surface area contributed by atoms with Gasteiger partial charge in [0.05, 0.1) is 0 Å². The summed E-state index contributed by atoms with van der Waals surface area (Å²) >= 11 is 0. The molecule has 0 amide bonds. The zero-order valence-corrected chi connectivity index (χ0v) is 12.2. The smallest absolute Gasteiger partial charge is 0.242 e. The Morgan fingerprint density at radius 2 is 2.30 bits per heavy atom. The predicted octanol–water partition coefficient (Wildman–Crippen LogP) is 0.892. The van der Waals surface area contributed by atoms with E-state index in [1.54, 1.807) is 0 Å². The zero-order chi connectivity index (χ0) is 14.6. The minimum absolute atomic E-state index is 0.0483. The van der Waals surface area contributed by atoms with Crippen molar-refractivity contribution in [3.05, 3.63) is 24.0 Å². The molecule has 0 radical (unpaired) electrons. The Kier molecular flexibility index (Phi) is 4.76. The van der Waals surface area contributed by atoms with Gasteiger partial charge in [0, 0.05) is 24.0 Å². The molecule has 0 aliphatic heterocycles. The summed E-state index contributed by atoms with van der Waals surface area (Å²) in [6.45, 7) is 1.83. The molecular formula is C14H18N2O3S. The number of pyridine rings is 1. The monoisotopic (exact) mass is 294 g/mol. The number of hydrogen-bond acceptors (Lipinski definition) is 4. The highest BCUT2D eigenvalue weighted by Crippen LogP contribution is 2.35. The van der Waals surface area contributed by atoms with Crippen LogP contribution in [0.2, 0.25) is 0 Å². The molecule has 2 unspecified atom stereocenters. The van der Waals surface area contributed by atoms with E-state index in [-0.39, 0.29) is 17.5 Å². The number of aliphatic hydroxyl groups is 1. The fourth-order valence-electron chi connectivity index (χ4n) is 2.12. The van der Waals surface area contributed by atoms with Crippen molar-refractivity contribution in [2.24, 2.45) is 5.92 Å². The van der Waals surface area contributed by atoms with E-state index in [2.05, 4.69) is 28.5 Å². The predicted molar refractivity (Wildman–Crippen MR) is 75.3 cm³/mol. The number of sulfonamides is 1. The first kappa shape index (κ1) is 15.0. The minimum atomic E-state index is -3.54. The summed E-state index contributed by atoms with van der Waals surface area (Å²) in [5, 5.41) is 8.64. The lowest BCUT2D eigenvalue weighted by atomic mass is 10.2. The Balaban J connectivity index is 2.10. The van der Waals surface area contributed by atoms with Gasteiger partial charge in [-0.1, -0.05) is 25.2 Å². The highest BCUT2D eigenvalue weighted by atomic mass is 32.2. The highest BCUT2D eigenvalue weighted by Gasteiger charge is 2.39. The summed E-state index contributed by atoms with van der Waals surface area (Å²) in [7, 11) is -3.54. The van der Waals surface area contributed by atoms with Crippen LogP contribution in [0.5, 0.6) is 0 Å². The first-order chi connectivity index (χ1) is 9.56. The summed E-state index contributed by atoms with van der Waals surface area (Å²) in [6, 6.07) is 1.52. The highest BCUT2D eigenvalue weighted by molar-refractivity contribution is 7.89. The van der Waals surface area contributed by atoms with E-state index in [1.165, 1.54) is 18.5 Å². The number of nitrogens with zero attached hydrogens (tertiary/aromatic N) is 1. The normalized spacial score (nSPS) is 21.1. The van der Waals surface area contributed by atoms with Gasteiger partial charge in [0.2, 0.25) is 10.0 Å². The van der Waals surface area contributed by atoms with Crippen molar-refractivity contribution in [1.82, 2.24) is 9.71 Å². The van der Waals surface area contributed by atoms with E-state index in [4.69, 9.17) is 5.11 Å². The standard InChI is InChI=1S/C14H18N2O3S/c1-2-4-12-8-14(12)16-20(18,19)13-7-11(5-3-6-17)9-15-10-13/h7,9-10,12,14,16-17H,2,4,6,8H2,1H3. The molecule has 1 aliphatic carbocycles. The second-order valence-corrected chi connectivity index (χ2v) is 6.60. The van der Waals surface area contributed by atoms with Crippen LogP contribution >= 0.6 is 0 Å². The van der Waals surface area contributed by atoms with E-state index < -0.39 is 10.0 Å². The summed E-state index contributed by atoms with van der Waals surface area (Å²) in [5.74, 6) is 5.58. The largest absolute Gasteiger partial charge is 0.384 e. The van der Waals surface area contributed by atoms with Crippen molar-refractivity contribution in [3.63, 3.8) is 0 Å². The number of hydrogen-bond donors (Lipinski definition) is 2. The van der Waals surface area contributed by atoms with Crippen molar-refractivity contribution >= 4 is 10.0 Å². The SMILES string of the molecule is CCCC1CC1NS(=O)(=O)c1cncc(C#CCO)c1. The third-order valence-corrected chi connectivity index (χ3v) is 4.68. The molecule has 1 aliphatic rings. The molecule has 1 heterocycles. The van der Waals surface area contributed by atoms with Gasteiger partial charge < -0.3 is 5.11 Å². The van der Waals surface area contributed by atoms with Gasteiger partial charge in [0.15, 0.2) is 0 Å². The Morgan fingerprint density at radius 1 is 1.50 bits per heavy atom. The van der Waals surface area contributed by atoms with E-state index in [9.17, 15) is 8.42 Å². The van der Waals surface area contributed by atoms with Gasteiger partial charge in [-0.2, -0.15) is 0 Å². The molecule has 20 heavy (non-hydrogen) atoms. The van der Waals surface area contributed by atoms with Gasteiger partial charge in [0.25, 0.3) is 0 Å². The van der Waals surface area contributed by atoms with E-state index in [1.807, 2.05) is 0 Å². The first-order valence-electron chi connectivity index (χ1n) is 6.64. The van der Waals surface area contributed by atoms with Crippen molar-refractivity contribution in [2.75, 3.05) is 6.61 Å². The van der Waals surface area contributed by atoms with Crippen molar-refractivity contribution in [3.8, 4) is 11.8 Å². The van der Waals surface area contributed by atoms with Crippen LogP contribution in [0.4, 0.5) is 0 Å². The maximum atomic E-state index is 12.2. The lowest BCUT2D eigenvalue weighted by molar-refractivity contribution is 0.350. The van der Waals surface area contributed by atoms with Crippen LogP contribution < -0.4 is 4.72 Å². The minimum Gasteiger partial charge on any atom is -0.384 e. The average Bonchev–Trinajstić information content (AvgIpc) is 3.14. The van der Waals surface area contributed by atoms with Crippen molar-refractivity contribution in [1.29, 1.82) is 0 Å². The molecule has 2 N–H and O–H groups in total. The molecule has 0 aromatic carbocycles. The Labute approximate surface area is 119 Å². The molecule has 0 bridgehead atoms. The average molecular weight is 294 g/mol. The topological polar surface area (TPSA) is 79.3 Å². The number of aromatic nitrogens is 1. The second kappa shape index (κ2) is 6.35. The van der Waals surface area contributed by atoms with Crippen LogP contribution in [-0.4, -0.2) is 31.2 Å². The Hall–Kier alpha value is -1.42. The first-order valence-corrected chi connectivity index (χ1v) is 8.12. The molecule has 2 atom stereocenters. The van der Waals surface area contributed by atoms with Crippen LogP contribution in [0.25, 0.3) is 0 Å². The van der Waals surface area contributed by atoms with Crippen LogP contribution in [0.3, 0.4) is 0 Å².